The lowest BCUT2D eigenvalue weighted by molar-refractivity contribution is -0.347. The Bertz CT molecular complexity index is 2180. The lowest BCUT2D eigenvalue weighted by Crippen LogP contribution is -2.46. The number of fused-ring (bicyclic) bond motifs is 1. The van der Waals surface area contributed by atoms with Crippen LogP contribution in [-0.2, 0) is 61.9 Å². The SMILES string of the molecule is CC(C)(COP(=O)([O-])OP(=O)([O-])OC[C@H]1O[C@@H](n2cnc3c(N)ncnc32)[C@H](O)[C@@H]1OP(=O)([O-])[O-])[C@@H](O)C(=O)NCCC(=O)NCCSC(=O)C(Cc1ccccc1)C(=O)[O-]. The summed E-state index contributed by atoms with van der Waals surface area (Å²) in [6, 6.07) is 8.46. The van der Waals surface area contributed by atoms with Crippen molar-refractivity contribution in [1.82, 2.24) is 30.2 Å². The third-order valence-electron chi connectivity index (χ3n) is 8.57. The molecule has 1 aliphatic rings. The summed E-state index contributed by atoms with van der Waals surface area (Å²) in [4.78, 5) is 108. The molecule has 6 N–H and O–H groups in total. The minimum atomic E-state index is -5.95. The summed E-state index contributed by atoms with van der Waals surface area (Å²) in [6.45, 7) is -0.358. The summed E-state index contributed by atoms with van der Waals surface area (Å²) >= 11 is 0.693. The molecule has 3 aromatic rings. The van der Waals surface area contributed by atoms with Gasteiger partial charge in [-0.25, -0.2) is 19.3 Å². The molecular formula is C31H39N7O19P3S-5. The Morgan fingerprint density at radius 1 is 1.02 bits per heavy atom. The number of nitrogens with one attached hydrogen (secondary N) is 2. The number of amides is 2. The maximum atomic E-state index is 12.6. The second-order valence-electron chi connectivity index (χ2n) is 13.7. The molecule has 1 fully saturated rings. The Hall–Kier alpha value is -3.75. The first kappa shape index (κ1) is 49.9. The molecule has 26 nitrogen and oxygen atoms in total. The Kier molecular flexibility index (Phi) is 17.2. The van der Waals surface area contributed by atoms with Gasteiger partial charge in [-0.2, -0.15) is 0 Å². The number of carboxylic acid groups (broad SMARTS) is 1. The van der Waals surface area contributed by atoms with E-state index in [2.05, 4.69) is 43.5 Å². The quantitative estimate of drug-likeness (QED) is 0.0341. The van der Waals surface area contributed by atoms with Crippen LogP contribution in [0.1, 0.15) is 32.1 Å². The van der Waals surface area contributed by atoms with E-state index in [0.29, 0.717) is 17.3 Å². The summed E-state index contributed by atoms with van der Waals surface area (Å²) in [5.74, 6) is -4.65. The zero-order chi connectivity index (χ0) is 45.3. The molecule has 0 bridgehead atoms. The maximum absolute atomic E-state index is 12.6. The molecule has 1 aliphatic heterocycles. The highest BCUT2D eigenvalue weighted by Crippen LogP contribution is 2.56. The Labute approximate surface area is 350 Å². The minimum absolute atomic E-state index is 0.0291. The number of benzene rings is 1. The van der Waals surface area contributed by atoms with Gasteiger partial charge in [0.05, 0.1) is 39.3 Å². The van der Waals surface area contributed by atoms with Crippen molar-refractivity contribution >= 4 is 75.1 Å². The number of rotatable bonds is 23. The fourth-order valence-corrected chi connectivity index (χ4v) is 8.99. The molecule has 1 saturated heterocycles. The normalized spacial score (nSPS) is 21.2. The van der Waals surface area contributed by atoms with Crippen LogP contribution in [0.5, 0.6) is 0 Å². The number of aliphatic hydroxyl groups excluding tert-OH is 2. The number of nitrogen functional groups attached to an aromatic ring is 1. The molecule has 2 amide bonds. The summed E-state index contributed by atoms with van der Waals surface area (Å²) in [5.41, 5.74) is 4.61. The van der Waals surface area contributed by atoms with Crippen LogP contribution in [0.3, 0.4) is 0 Å². The predicted octanol–water partition coefficient (Wildman–Crippen LogP) is -4.25. The second-order valence-corrected chi connectivity index (χ2v) is 18.9. The zero-order valence-electron chi connectivity index (χ0n) is 31.9. The molecule has 0 aliphatic carbocycles. The van der Waals surface area contributed by atoms with Crippen molar-refractivity contribution in [1.29, 1.82) is 0 Å². The first-order chi connectivity index (χ1) is 28.4. The number of thioether (sulfide) groups is 1. The number of ether oxygens (including phenoxy) is 1. The van der Waals surface area contributed by atoms with E-state index >= 15 is 0 Å². The van der Waals surface area contributed by atoms with Gasteiger partial charge in [-0.05, 0) is 12.0 Å². The smallest absolute Gasteiger partial charge is 0.274 e. The number of imidazole rings is 1. The number of phosphoric acid groups is 3. The number of nitrogens with zero attached hydrogens (tertiary/aromatic N) is 4. The number of nitrogens with two attached hydrogens (primary N) is 1. The van der Waals surface area contributed by atoms with E-state index in [4.69, 9.17) is 10.5 Å². The molecule has 338 valence electrons. The third kappa shape index (κ3) is 14.7. The van der Waals surface area contributed by atoms with Crippen LogP contribution < -0.4 is 41.0 Å². The van der Waals surface area contributed by atoms with Crippen molar-refractivity contribution < 1.29 is 90.4 Å². The first-order valence-corrected chi connectivity index (χ1v) is 23.0. The van der Waals surface area contributed by atoms with Gasteiger partial charge in [0, 0.05) is 30.7 Å². The number of aliphatic carboxylic acids is 1. The van der Waals surface area contributed by atoms with Crippen LogP contribution in [0.2, 0.25) is 0 Å². The van der Waals surface area contributed by atoms with Crippen molar-refractivity contribution in [3.05, 3.63) is 48.5 Å². The number of hydrogen-bond acceptors (Lipinski definition) is 24. The van der Waals surface area contributed by atoms with E-state index in [1.807, 2.05) is 0 Å². The van der Waals surface area contributed by atoms with Gasteiger partial charge in [0.1, 0.15) is 36.3 Å². The second kappa shape index (κ2) is 21.1. The van der Waals surface area contributed by atoms with Crippen molar-refractivity contribution in [2.24, 2.45) is 11.3 Å². The number of carboxylic acids is 1. The first-order valence-electron chi connectivity index (χ1n) is 17.6. The van der Waals surface area contributed by atoms with E-state index < -0.39 is 102 Å². The highest BCUT2D eigenvalue weighted by atomic mass is 32.2. The van der Waals surface area contributed by atoms with Crippen LogP contribution in [-0.4, -0.2) is 109 Å². The molecule has 8 atom stereocenters. The van der Waals surface area contributed by atoms with Gasteiger partial charge in [0.25, 0.3) is 15.6 Å². The van der Waals surface area contributed by atoms with Gasteiger partial charge in [0.2, 0.25) is 11.8 Å². The molecule has 2 aromatic heterocycles. The van der Waals surface area contributed by atoms with Crippen LogP contribution in [0.4, 0.5) is 5.82 Å². The molecule has 1 aromatic carbocycles. The van der Waals surface area contributed by atoms with Crippen LogP contribution in [0, 0.1) is 11.3 Å². The van der Waals surface area contributed by atoms with Crippen molar-refractivity contribution in [2.45, 2.75) is 57.3 Å². The minimum Gasteiger partial charge on any atom is -0.790 e. The van der Waals surface area contributed by atoms with E-state index in [9.17, 15) is 67.8 Å². The molecule has 61 heavy (non-hydrogen) atoms. The predicted molar refractivity (Wildman–Crippen MR) is 197 cm³/mol. The summed E-state index contributed by atoms with van der Waals surface area (Å²) < 4.78 is 60.5. The van der Waals surface area contributed by atoms with E-state index in [1.54, 1.807) is 30.3 Å². The molecule has 0 spiro atoms. The molecule has 30 heteroatoms. The van der Waals surface area contributed by atoms with Gasteiger partial charge in [0.15, 0.2) is 22.8 Å². The lowest BCUT2D eigenvalue weighted by atomic mass is 9.87. The standard InChI is InChI=1S/C31H44N7O19P3S/c1-31(2,24(41)27(42)34-9-8-20(39)33-10-11-61-30(45)18(29(43)44)12-17-6-4-3-5-7-17)14-54-60(51,52)57-59(49,50)53-13-19-23(56-58(46,47)48)22(40)28(55-19)38-16-37-21-25(32)35-15-36-26(21)38/h3-7,15-16,18-19,22-24,28,40-41H,8-14H2,1-2H3,(H,33,39)(H,34,42)(H,43,44)(H,49,50)(H,51,52)(H2,32,35,36)(H2,46,47,48)/p-5/t18?,19-,22-,23-,24+,28-/m1/s1. The number of phosphoric ester groups is 3. The van der Waals surface area contributed by atoms with Gasteiger partial charge in [-0.15, -0.1) is 0 Å². The lowest BCUT2D eigenvalue weighted by Gasteiger charge is -2.36. The van der Waals surface area contributed by atoms with Crippen LogP contribution in [0.15, 0.2) is 43.0 Å². The average molecular weight is 939 g/mol. The maximum Gasteiger partial charge on any atom is 0.274 e. The molecule has 0 saturated carbocycles. The van der Waals surface area contributed by atoms with E-state index in [1.165, 1.54) is 0 Å². The fourth-order valence-electron chi connectivity index (χ4n) is 5.47. The molecule has 4 rings (SSSR count). The Morgan fingerprint density at radius 3 is 2.34 bits per heavy atom. The highest BCUT2D eigenvalue weighted by molar-refractivity contribution is 8.13. The number of aliphatic hydroxyl groups is 2. The van der Waals surface area contributed by atoms with Crippen molar-refractivity contribution in [3.8, 4) is 0 Å². The fraction of sp³-hybridized carbons (Fsp3) is 0.516. The molecule has 3 heterocycles. The number of hydrogen-bond donors (Lipinski definition) is 5. The third-order valence-corrected chi connectivity index (χ3v) is 12.6. The van der Waals surface area contributed by atoms with Gasteiger partial charge < -0.3 is 78.9 Å². The molecule has 3 unspecified atom stereocenters. The van der Waals surface area contributed by atoms with Gasteiger partial charge >= 0.3 is 0 Å². The van der Waals surface area contributed by atoms with E-state index in [-0.39, 0.29) is 48.7 Å². The molecular weight excluding hydrogens is 899 g/mol. The number of aromatic nitrogens is 4. The number of carbonyl (C=O) groups is 4. The highest BCUT2D eigenvalue weighted by Gasteiger charge is 2.47. The van der Waals surface area contributed by atoms with Gasteiger partial charge in [-0.3, -0.25) is 28.1 Å². The monoisotopic (exact) mass is 938 g/mol. The number of anilines is 1. The number of carbonyl (C=O) groups excluding carboxylic acids is 4. The summed E-state index contributed by atoms with van der Waals surface area (Å²) in [6.07, 6.45) is -7.93. The van der Waals surface area contributed by atoms with Gasteiger partial charge in [-0.1, -0.05) is 55.9 Å². The Balaban J connectivity index is 1.21. The van der Waals surface area contributed by atoms with E-state index in [0.717, 1.165) is 31.1 Å². The largest absolute Gasteiger partial charge is 0.790 e. The summed E-state index contributed by atoms with van der Waals surface area (Å²) in [7, 11) is -17.7. The molecule has 0 radical (unpaired) electrons. The van der Waals surface area contributed by atoms with Crippen LogP contribution >= 0.6 is 35.2 Å². The average Bonchev–Trinajstić information content (AvgIpc) is 3.73. The van der Waals surface area contributed by atoms with Crippen LogP contribution in [0.25, 0.3) is 11.2 Å². The van der Waals surface area contributed by atoms with Crippen molar-refractivity contribution in [3.63, 3.8) is 0 Å². The Morgan fingerprint density at radius 2 is 1.69 bits per heavy atom. The topological polar surface area (TPSA) is 415 Å². The summed E-state index contributed by atoms with van der Waals surface area (Å²) in [5, 5.41) is 36.9. The zero-order valence-corrected chi connectivity index (χ0v) is 35.4. The van der Waals surface area contributed by atoms with Crippen molar-refractivity contribution in [2.75, 3.05) is 37.8 Å².